The van der Waals surface area contributed by atoms with Crippen LogP contribution in [0.3, 0.4) is 0 Å². The molecule has 1 saturated heterocycles. The number of anilines is 2. The van der Waals surface area contributed by atoms with Gasteiger partial charge in [-0.25, -0.2) is 4.98 Å². The van der Waals surface area contributed by atoms with E-state index in [1.54, 1.807) is 24.3 Å². The third-order valence-electron chi connectivity index (χ3n) is 5.40. The van der Waals surface area contributed by atoms with Crippen molar-refractivity contribution < 1.29 is 14.3 Å². The van der Waals surface area contributed by atoms with Crippen LogP contribution in [0, 0.1) is 0 Å². The zero-order chi connectivity index (χ0) is 23.0. The number of morpholine rings is 1. The second-order valence-corrected chi connectivity index (χ2v) is 7.74. The van der Waals surface area contributed by atoms with E-state index in [0.29, 0.717) is 30.5 Å². The Kier molecular flexibility index (Phi) is 7.31. The van der Waals surface area contributed by atoms with Gasteiger partial charge in [-0.1, -0.05) is 12.1 Å². The maximum absolute atomic E-state index is 11.3. The summed E-state index contributed by atoms with van der Waals surface area (Å²) in [5.74, 6) is 2.64. The van der Waals surface area contributed by atoms with Crippen molar-refractivity contribution in [2.75, 3.05) is 56.7 Å². The number of benzene rings is 1. The normalized spacial score (nSPS) is 13.5. The third kappa shape index (κ3) is 6.17. The highest BCUT2D eigenvalue weighted by molar-refractivity contribution is 5.72. The maximum atomic E-state index is 11.3. The van der Waals surface area contributed by atoms with E-state index in [1.165, 1.54) is 6.92 Å². The van der Waals surface area contributed by atoms with Crippen molar-refractivity contribution in [3.8, 4) is 22.8 Å². The van der Waals surface area contributed by atoms with Crippen LogP contribution in [0.5, 0.6) is 11.6 Å². The summed E-state index contributed by atoms with van der Waals surface area (Å²) in [4.78, 5) is 28.4. The quantitative estimate of drug-likeness (QED) is 0.562. The number of aromatic nitrogens is 3. The van der Waals surface area contributed by atoms with Crippen LogP contribution in [0.2, 0.25) is 0 Å². The highest BCUT2D eigenvalue weighted by Gasteiger charge is 2.12. The number of carbonyl (C=O) groups is 1. The van der Waals surface area contributed by atoms with Crippen molar-refractivity contribution >= 4 is 17.5 Å². The molecule has 9 nitrogen and oxygen atoms in total. The first-order valence-electron chi connectivity index (χ1n) is 10.9. The van der Waals surface area contributed by atoms with Gasteiger partial charge in [0, 0.05) is 51.9 Å². The van der Waals surface area contributed by atoms with Gasteiger partial charge in [-0.3, -0.25) is 9.78 Å². The zero-order valence-electron chi connectivity index (χ0n) is 18.9. The molecule has 1 fully saturated rings. The van der Waals surface area contributed by atoms with Gasteiger partial charge in [-0.2, -0.15) is 4.98 Å². The topological polar surface area (TPSA) is 92.7 Å². The molecule has 1 N–H and O–H groups in total. The van der Waals surface area contributed by atoms with Crippen molar-refractivity contribution in [1.82, 2.24) is 19.9 Å². The molecular formula is C24H28N6O3. The summed E-state index contributed by atoms with van der Waals surface area (Å²) >= 11 is 0. The van der Waals surface area contributed by atoms with Crippen LogP contribution in [0.25, 0.3) is 11.1 Å². The Labute approximate surface area is 193 Å². The third-order valence-corrected chi connectivity index (χ3v) is 5.40. The van der Waals surface area contributed by atoms with Gasteiger partial charge >= 0.3 is 0 Å². The number of likely N-dealkylation sites (N-methyl/N-ethyl adjacent to an activating group) is 1. The van der Waals surface area contributed by atoms with Crippen LogP contribution < -0.4 is 15.0 Å². The van der Waals surface area contributed by atoms with Crippen molar-refractivity contribution in [2.24, 2.45) is 0 Å². The van der Waals surface area contributed by atoms with E-state index in [0.717, 1.165) is 43.2 Å². The molecule has 0 bridgehead atoms. The van der Waals surface area contributed by atoms with Gasteiger partial charge in [0.25, 0.3) is 0 Å². The summed E-state index contributed by atoms with van der Waals surface area (Å²) in [5.41, 5.74) is 2.10. The lowest BCUT2D eigenvalue weighted by atomic mass is 10.1. The van der Waals surface area contributed by atoms with E-state index in [1.807, 2.05) is 36.5 Å². The van der Waals surface area contributed by atoms with Gasteiger partial charge in [-0.05, 0) is 29.8 Å². The lowest BCUT2D eigenvalue weighted by molar-refractivity contribution is -0.127. The molecule has 0 radical (unpaired) electrons. The molecule has 9 heteroatoms. The number of rotatable bonds is 8. The number of hydrogen-bond acceptors (Lipinski definition) is 8. The maximum Gasteiger partial charge on any atom is 0.239 e. The van der Waals surface area contributed by atoms with Crippen molar-refractivity contribution in [3.05, 3.63) is 55.0 Å². The summed E-state index contributed by atoms with van der Waals surface area (Å²) in [6.45, 7) is 5.90. The summed E-state index contributed by atoms with van der Waals surface area (Å²) < 4.78 is 11.3. The van der Waals surface area contributed by atoms with Gasteiger partial charge in [0.05, 0.1) is 25.6 Å². The minimum atomic E-state index is 0.0206. The molecule has 3 heterocycles. The molecule has 0 aliphatic carbocycles. The van der Waals surface area contributed by atoms with Crippen LogP contribution in [-0.4, -0.2) is 72.2 Å². The number of nitrogens with zero attached hydrogens (tertiary/aromatic N) is 5. The van der Waals surface area contributed by atoms with Gasteiger partial charge in [-0.15, -0.1) is 0 Å². The van der Waals surface area contributed by atoms with Gasteiger partial charge in [0.15, 0.2) is 0 Å². The standard InChI is InChI=1S/C24H28N6O3/c1-18(31)29(2)10-9-26-22-16-25-17-24(28-22)33-21-6-3-19(4-7-21)20-5-8-23(27-15-20)30-11-13-32-14-12-30/h3-8,15-17H,9-14H2,1-2H3,(H,26,28). The summed E-state index contributed by atoms with van der Waals surface area (Å²) in [6.07, 6.45) is 5.08. The Morgan fingerprint density at radius 1 is 1.09 bits per heavy atom. The average molecular weight is 449 g/mol. The molecule has 4 rings (SSSR count). The summed E-state index contributed by atoms with van der Waals surface area (Å²) in [5, 5.41) is 3.15. The molecule has 3 aromatic rings. The highest BCUT2D eigenvalue weighted by Crippen LogP contribution is 2.26. The number of pyridine rings is 1. The van der Waals surface area contributed by atoms with E-state index < -0.39 is 0 Å². The van der Waals surface area contributed by atoms with Crippen LogP contribution in [0.15, 0.2) is 55.0 Å². The fraction of sp³-hybridized carbons (Fsp3) is 0.333. The van der Waals surface area contributed by atoms with E-state index in [2.05, 4.69) is 31.2 Å². The zero-order valence-corrected chi connectivity index (χ0v) is 18.9. The largest absolute Gasteiger partial charge is 0.437 e. The molecule has 172 valence electrons. The summed E-state index contributed by atoms with van der Waals surface area (Å²) in [6, 6.07) is 11.9. The molecule has 1 aliphatic rings. The van der Waals surface area contributed by atoms with Crippen LogP contribution in [0.1, 0.15) is 6.92 Å². The second-order valence-electron chi connectivity index (χ2n) is 7.74. The Hall–Kier alpha value is -3.72. The Balaban J connectivity index is 1.34. The van der Waals surface area contributed by atoms with Crippen LogP contribution in [0.4, 0.5) is 11.6 Å². The number of carbonyl (C=O) groups excluding carboxylic acids is 1. The first-order valence-corrected chi connectivity index (χ1v) is 10.9. The molecule has 0 unspecified atom stereocenters. The van der Waals surface area contributed by atoms with Gasteiger partial charge in [0.2, 0.25) is 11.8 Å². The number of hydrogen-bond donors (Lipinski definition) is 1. The van der Waals surface area contributed by atoms with Crippen molar-refractivity contribution in [3.63, 3.8) is 0 Å². The molecule has 0 saturated carbocycles. The van der Waals surface area contributed by atoms with Crippen LogP contribution >= 0.6 is 0 Å². The first kappa shape index (κ1) is 22.5. The fourth-order valence-corrected chi connectivity index (χ4v) is 3.36. The Morgan fingerprint density at radius 3 is 2.55 bits per heavy atom. The minimum Gasteiger partial charge on any atom is -0.437 e. The lowest BCUT2D eigenvalue weighted by Gasteiger charge is -2.27. The fourth-order valence-electron chi connectivity index (χ4n) is 3.36. The van der Waals surface area contributed by atoms with E-state index in [-0.39, 0.29) is 5.91 Å². The molecule has 1 aliphatic heterocycles. The average Bonchev–Trinajstić information content (AvgIpc) is 2.85. The predicted molar refractivity (Wildman–Crippen MR) is 127 cm³/mol. The monoisotopic (exact) mass is 448 g/mol. The molecule has 1 aromatic carbocycles. The summed E-state index contributed by atoms with van der Waals surface area (Å²) in [7, 11) is 1.76. The Bertz CT molecular complexity index is 1050. The molecule has 2 aromatic heterocycles. The number of ether oxygens (including phenoxy) is 2. The van der Waals surface area contributed by atoms with Crippen molar-refractivity contribution in [1.29, 1.82) is 0 Å². The van der Waals surface area contributed by atoms with Crippen LogP contribution in [-0.2, 0) is 9.53 Å². The lowest BCUT2D eigenvalue weighted by Crippen LogP contribution is -2.36. The molecule has 0 atom stereocenters. The van der Waals surface area contributed by atoms with Gasteiger partial charge < -0.3 is 24.6 Å². The molecule has 0 spiro atoms. The Morgan fingerprint density at radius 2 is 1.85 bits per heavy atom. The molecular weight excluding hydrogens is 420 g/mol. The molecule has 33 heavy (non-hydrogen) atoms. The highest BCUT2D eigenvalue weighted by atomic mass is 16.5. The van der Waals surface area contributed by atoms with Crippen molar-refractivity contribution in [2.45, 2.75) is 6.92 Å². The molecule has 1 amide bonds. The number of amides is 1. The SMILES string of the molecule is CC(=O)N(C)CCNc1cncc(Oc2ccc(-c3ccc(N4CCOCC4)nc3)cc2)n1. The van der Waals surface area contributed by atoms with Gasteiger partial charge in [0.1, 0.15) is 17.4 Å². The van der Waals surface area contributed by atoms with E-state index >= 15 is 0 Å². The first-order chi connectivity index (χ1) is 16.1. The smallest absolute Gasteiger partial charge is 0.239 e. The van der Waals surface area contributed by atoms with E-state index in [4.69, 9.17) is 9.47 Å². The second kappa shape index (κ2) is 10.7. The predicted octanol–water partition coefficient (Wildman–Crippen LogP) is 3.06. The minimum absolute atomic E-state index is 0.0206. The van der Waals surface area contributed by atoms with E-state index in [9.17, 15) is 4.79 Å². The number of nitrogens with one attached hydrogen (secondary N) is 1.